The van der Waals surface area contributed by atoms with Gasteiger partial charge in [-0.2, -0.15) is 11.8 Å². The molecule has 21 heavy (non-hydrogen) atoms. The highest BCUT2D eigenvalue weighted by Crippen LogP contribution is 2.33. The lowest BCUT2D eigenvalue weighted by atomic mass is 10.0. The van der Waals surface area contributed by atoms with Gasteiger partial charge in [-0.3, -0.25) is 4.79 Å². The van der Waals surface area contributed by atoms with E-state index in [-0.39, 0.29) is 11.0 Å². The van der Waals surface area contributed by atoms with Gasteiger partial charge in [0.1, 0.15) is 0 Å². The van der Waals surface area contributed by atoms with Crippen LogP contribution in [0.4, 0.5) is 0 Å². The summed E-state index contributed by atoms with van der Waals surface area (Å²) in [5.41, 5.74) is 2.07. The highest BCUT2D eigenvalue weighted by molar-refractivity contribution is 7.99. The molecule has 110 valence electrons. The topological polar surface area (TPSA) is 17.1 Å². The Morgan fingerprint density at radius 2 is 1.62 bits per heavy atom. The zero-order valence-electron chi connectivity index (χ0n) is 12.5. The molecule has 0 unspecified atom stereocenters. The van der Waals surface area contributed by atoms with Gasteiger partial charge >= 0.3 is 0 Å². The van der Waals surface area contributed by atoms with Crippen molar-refractivity contribution in [1.82, 2.24) is 0 Å². The minimum Gasteiger partial charge on any atom is -0.294 e. The summed E-state index contributed by atoms with van der Waals surface area (Å²) < 4.78 is 0. The second-order valence-electron chi connectivity index (χ2n) is 5.12. The molecule has 2 aromatic rings. The SMILES string of the molecule is CCCCS[C@H](CC(=O)c1ccccc1)c1ccccc1. The molecule has 0 radical (unpaired) electrons. The number of ketones is 1. The van der Waals surface area contributed by atoms with Crippen LogP contribution >= 0.6 is 11.8 Å². The van der Waals surface area contributed by atoms with Crippen molar-refractivity contribution in [3.8, 4) is 0 Å². The van der Waals surface area contributed by atoms with E-state index in [2.05, 4.69) is 31.2 Å². The van der Waals surface area contributed by atoms with Crippen LogP contribution in [0.1, 0.15) is 47.4 Å². The van der Waals surface area contributed by atoms with Gasteiger partial charge in [0.05, 0.1) is 0 Å². The van der Waals surface area contributed by atoms with Gasteiger partial charge in [0.2, 0.25) is 0 Å². The first-order chi connectivity index (χ1) is 10.3. The molecule has 1 atom stereocenters. The third-order valence-electron chi connectivity index (χ3n) is 3.45. The first-order valence-corrected chi connectivity index (χ1v) is 8.61. The second kappa shape index (κ2) is 8.68. The minimum absolute atomic E-state index is 0.230. The van der Waals surface area contributed by atoms with E-state index in [9.17, 15) is 4.79 Å². The van der Waals surface area contributed by atoms with Gasteiger partial charge in [-0.1, -0.05) is 74.0 Å². The Labute approximate surface area is 131 Å². The summed E-state index contributed by atoms with van der Waals surface area (Å²) in [6.07, 6.45) is 2.97. The fraction of sp³-hybridized carbons (Fsp3) is 0.316. The van der Waals surface area contributed by atoms with Crippen molar-refractivity contribution < 1.29 is 4.79 Å². The van der Waals surface area contributed by atoms with E-state index < -0.39 is 0 Å². The molecule has 0 saturated carbocycles. The van der Waals surface area contributed by atoms with Crippen LogP contribution in [0.2, 0.25) is 0 Å². The van der Waals surface area contributed by atoms with Gasteiger partial charge in [-0.15, -0.1) is 0 Å². The Balaban J connectivity index is 2.07. The number of rotatable bonds is 8. The summed E-state index contributed by atoms with van der Waals surface area (Å²) in [6.45, 7) is 2.20. The van der Waals surface area contributed by atoms with Crippen LogP contribution < -0.4 is 0 Å². The van der Waals surface area contributed by atoms with Crippen molar-refractivity contribution in [3.05, 3.63) is 71.8 Å². The third-order valence-corrected chi connectivity index (χ3v) is 4.82. The summed E-state index contributed by atoms with van der Waals surface area (Å²) in [4.78, 5) is 12.4. The number of thioether (sulfide) groups is 1. The van der Waals surface area contributed by atoms with Crippen LogP contribution in [0, 0.1) is 0 Å². The Bertz CT molecular complexity index is 536. The zero-order chi connectivity index (χ0) is 14.9. The Morgan fingerprint density at radius 1 is 1.00 bits per heavy atom. The number of hydrogen-bond acceptors (Lipinski definition) is 2. The molecule has 0 aromatic heterocycles. The summed E-state index contributed by atoms with van der Waals surface area (Å²) >= 11 is 1.90. The lowest BCUT2D eigenvalue weighted by Crippen LogP contribution is -2.06. The fourth-order valence-corrected chi connectivity index (χ4v) is 3.58. The van der Waals surface area contributed by atoms with Crippen molar-refractivity contribution in [1.29, 1.82) is 0 Å². The highest BCUT2D eigenvalue weighted by Gasteiger charge is 2.17. The number of carbonyl (C=O) groups excluding carboxylic acids is 1. The predicted octanol–water partition coefficient (Wildman–Crippen LogP) is 5.53. The van der Waals surface area contributed by atoms with E-state index in [1.165, 1.54) is 18.4 Å². The van der Waals surface area contributed by atoms with Gasteiger partial charge in [0, 0.05) is 17.2 Å². The molecule has 0 amide bonds. The van der Waals surface area contributed by atoms with Crippen molar-refractivity contribution in [3.63, 3.8) is 0 Å². The third kappa shape index (κ3) is 5.05. The number of benzene rings is 2. The standard InChI is InChI=1S/C19H22OS/c1-2-3-14-21-19(17-12-8-5-9-13-17)15-18(20)16-10-6-4-7-11-16/h4-13,19H,2-3,14-15H2,1H3/t19-/m1/s1. The molecule has 2 heteroatoms. The van der Waals surface area contributed by atoms with Crippen LogP contribution in [0.5, 0.6) is 0 Å². The molecule has 1 nitrogen and oxygen atoms in total. The fourth-order valence-electron chi connectivity index (χ4n) is 2.22. The van der Waals surface area contributed by atoms with Crippen LogP contribution in [-0.4, -0.2) is 11.5 Å². The number of Topliss-reactive ketones (excluding diaryl/α,β-unsaturated/α-hetero) is 1. The van der Waals surface area contributed by atoms with E-state index >= 15 is 0 Å². The van der Waals surface area contributed by atoms with Crippen molar-refractivity contribution in [2.24, 2.45) is 0 Å². The molecule has 0 heterocycles. The van der Waals surface area contributed by atoms with E-state index in [1.54, 1.807) is 0 Å². The molecule has 0 saturated heterocycles. The van der Waals surface area contributed by atoms with Gasteiger partial charge < -0.3 is 0 Å². The Hall–Kier alpha value is -1.54. The monoisotopic (exact) mass is 298 g/mol. The molecular weight excluding hydrogens is 276 g/mol. The van der Waals surface area contributed by atoms with E-state index in [4.69, 9.17) is 0 Å². The van der Waals surface area contributed by atoms with Crippen molar-refractivity contribution in [2.45, 2.75) is 31.4 Å². The summed E-state index contributed by atoms with van der Waals surface area (Å²) in [7, 11) is 0. The molecule has 0 aliphatic rings. The van der Waals surface area contributed by atoms with Crippen LogP contribution in [-0.2, 0) is 0 Å². The predicted molar refractivity (Wildman–Crippen MR) is 91.9 cm³/mol. The van der Waals surface area contributed by atoms with Crippen LogP contribution in [0.25, 0.3) is 0 Å². The molecule has 0 aliphatic carbocycles. The molecule has 0 spiro atoms. The highest BCUT2D eigenvalue weighted by atomic mass is 32.2. The molecule has 0 fully saturated rings. The first-order valence-electron chi connectivity index (χ1n) is 7.56. The average Bonchev–Trinajstić information content (AvgIpc) is 2.55. The number of carbonyl (C=O) groups is 1. The van der Waals surface area contributed by atoms with E-state index in [0.29, 0.717) is 6.42 Å². The maximum atomic E-state index is 12.4. The Kier molecular flexibility index (Phi) is 6.55. The number of hydrogen-bond donors (Lipinski definition) is 0. The summed E-state index contributed by atoms with van der Waals surface area (Å²) in [5.74, 6) is 1.34. The van der Waals surface area contributed by atoms with Gasteiger partial charge in [0.15, 0.2) is 5.78 Å². The lowest BCUT2D eigenvalue weighted by Gasteiger charge is -2.16. The van der Waals surface area contributed by atoms with Crippen LogP contribution in [0.15, 0.2) is 60.7 Å². The summed E-state index contributed by atoms with van der Waals surface area (Å²) in [5, 5.41) is 0.255. The molecule has 2 rings (SSSR count). The normalized spacial score (nSPS) is 12.0. The maximum Gasteiger partial charge on any atom is 0.164 e. The van der Waals surface area contributed by atoms with Crippen LogP contribution in [0.3, 0.4) is 0 Å². The van der Waals surface area contributed by atoms with Crippen molar-refractivity contribution >= 4 is 17.5 Å². The summed E-state index contributed by atoms with van der Waals surface area (Å²) in [6, 6.07) is 20.0. The van der Waals surface area contributed by atoms with Crippen molar-refractivity contribution in [2.75, 3.05) is 5.75 Å². The van der Waals surface area contributed by atoms with Gasteiger partial charge in [-0.05, 0) is 17.7 Å². The van der Waals surface area contributed by atoms with E-state index in [1.807, 2.05) is 48.2 Å². The second-order valence-corrected chi connectivity index (χ2v) is 6.43. The molecule has 0 N–H and O–H groups in total. The molecule has 0 aliphatic heterocycles. The largest absolute Gasteiger partial charge is 0.294 e. The maximum absolute atomic E-state index is 12.4. The zero-order valence-corrected chi connectivity index (χ0v) is 13.3. The lowest BCUT2D eigenvalue weighted by molar-refractivity contribution is 0.0982. The minimum atomic E-state index is 0.230. The average molecular weight is 298 g/mol. The van der Waals surface area contributed by atoms with E-state index in [0.717, 1.165) is 11.3 Å². The molecule has 0 bridgehead atoms. The smallest absolute Gasteiger partial charge is 0.164 e. The molecule has 2 aromatic carbocycles. The first kappa shape index (κ1) is 15.8. The van der Waals surface area contributed by atoms with Gasteiger partial charge in [-0.25, -0.2) is 0 Å². The Morgan fingerprint density at radius 3 is 2.24 bits per heavy atom. The number of unbranched alkanes of at least 4 members (excludes halogenated alkanes) is 1. The van der Waals surface area contributed by atoms with Gasteiger partial charge in [0.25, 0.3) is 0 Å². The quantitative estimate of drug-likeness (QED) is 0.470. The molecular formula is C19H22OS.